The Labute approximate surface area is 121 Å². The van der Waals surface area contributed by atoms with Crippen molar-refractivity contribution in [2.75, 3.05) is 6.61 Å². The number of rotatable bonds is 3. The summed E-state index contributed by atoms with van der Waals surface area (Å²) in [4.78, 5) is 3.80. The predicted molar refractivity (Wildman–Crippen MR) is 73.8 cm³/mol. The highest BCUT2D eigenvalue weighted by Gasteiger charge is 2.43. The molecule has 0 unspecified atom stereocenters. The summed E-state index contributed by atoms with van der Waals surface area (Å²) in [6, 6.07) is 6.66. The zero-order valence-corrected chi connectivity index (χ0v) is 11.3. The number of thiocarbonyl (C=S) groups is 1. The van der Waals surface area contributed by atoms with Gasteiger partial charge in [0.1, 0.15) is 30.5 Å². The summed E-state index contributed by atoms with van der Waals surface area (Å²) >= 11 is 4.50. The molecule has 0 bridgehead atoms. The first-order chi connectivity index (χ1) is 9.58. The molecule has 0 amide bonds. The summed E-state index contributed by atoms with van der Waals surface area (Å²) in [5.41, 5.74) is 1.21. The molecule has 1 saturated heterocycles. The summed E-state index contributed by atoms with van der Waals surface area (Å²) in [6.07, 6.45) is -5.78. The van der Waals surface area contributed by atoms with Crippen molar-refractivity contribution >= 4 is 23.1 Å². The lowest BCUT2D eigenvalue weighted by molar-refractivity contribution is -0.231. The first kappa shape index (κ1) is 15.2. The van der Waals surface area contributed by atoms with Crippen molar-refractivity contribution in [3.05, 3.63) is 29.8 Å². The van der Waals surface area contributed by atoms with Gasteiger partial charge in [-0.1, -0.05) is 12.1 Å². The Bertz CT molecular complexity index is 500. The van der Waals surface area contributed by atoms with Gasteiger partial charge in [0.25, 0.3) is 0 Å². The Morgan fingerprint density at radius 2 is 1.75 bits per heavy atom. The van der Waals surface area contributed by atoms with Gasteiger partial charge in [-0.3, -0.25) is 0 Å². The normalized spacial score (nSPS) is 33.5. The second kappa shape index (κ2) is 6.51. The topological polar surface area (TPSA) is 103 Å². The minimum absolute atomic E-state index is 0.450. The summed E-state index contributed by atoms with van der Waals surface area (Å²) < 4.78 is 5.44. The quantitative estimate of drug-likeness (QED) is 0.460. The van der Waals surface area contributed by atoms with Gasteiger partial charge in [0.15, 0.2) is 0 Å². The Morgan fingerprint density at radius 1 is 1.10 bits per heavy atom. The second-order valence-electron chi connectivity index (χ2n) is 4.54. The lowest BCUT2D eigenvalue weighted by Gasteiger charge is -2.40. The van der Waals surface area contributed by atoms with E-state index in [1.165, 1.54) is 0 Å². The monoisotopic (exact) mass is 297 g/mol. The van der Waals surface area contributed by atoms with E-state index in [9.17, 15) is 15.3 Å². The molecule has 1 heterocycles. The van der Waals surface area contributed by atoms with Crippen LogP contribution >= 0.6 is 12.2 Å². The Morgan fingerprint density at radius 3 is 2.30 bits per heavy atom. The molecule has 1 aliphatic rings. The molecule has 20 heavy (non-hydrogen) atoms. The summed E-state index contributed by atoms with van der Waals surface area (Å²) in [5, 5.41) is 40.8. The number of hydrogen-bond acceptors (Lipinski definition) is 7. The highest BCUT2D eigenvalue weighted by atomic mass is 32.1. The van der Waals surface area contributed by atoms with Gasteiger partial charge in [-0.15, -0.1) is 0 Å². The standard InChI is InChI=1S/C13H15NO5S/c15-5-9-10(16)11(17)12(18)13(19-9)7-1-3-8(4-2-7)14-6-20/h1-4,9-13,15-18H,5H2/t9-,10+,11+,12-,13-/m1/s1. The number of ether oxygens (including phenoxy) is 1. The lowest BCUT2D eigenvalue weighted by Crippen LogP contribution is -2.55. The molecule has 1 fully saturated rings. The lowest BCUT2D eigenvalue weighted by atomic mass is 9.91. The first-order valence-electron chi connectivity index (χ1n) is 6.07. The molecule has 0 aliphatic carbocycles. The highest BCUT2D eigenvalue weighted by Crippen LogP contribution is 2.32. The Balaban J connectivity index is 2.24. The Kier molecular flexibility index (Phi) is 4.95. The molecule has 108 valence electrons. The maximum Gasteiger partial charge on any atom is 0.113 e. The summed E-state index contributed by atoms with van der Waals surface area (Å²) in [6.45, 7) is -0.450. The van der Waals surface area contributed by atoms with Crippen molar-refractivity contribution in [2.24, 2.45) is 4.99 Å². The van der Waals surface area contributed by atoms with Crippen molar-refractivity contribution in [1.29, 1.82) is 0 Å². The molecule has 1 aromatic carbocycles. The summed E-state index contributed by atoms with van der Waals surface area (Å²) in [5.74, 6) is 0. The zero-order chi connectivity index (χ0) is 14.7. The maximum absolute atomic E-state index is 9.98. The van der Waals surface area contributed by atoms with Crippen LogP contribution in [0.2, 0.25) is 0 Å². The number of benzene rings is 1. The van der Waals surface area contributed by atoms with Crippen molar-refractivity contribution < 1.29 is 25.2 Å². The number of aliphatic hydroxyl groups is 4. The smallest absolute Gasteiger partial charge is 0.113 e. The third-order valence-electron chi connectivity index (χ3n) is 3.29. The van der Waals surface area contributed by atoms with E-state index < -0.39 is 37.1 Å². The zero-order valence-electron chi connectivity index (χ0n) is 10.5. The first-order valence-corrected chi connectivity index (χ1v) is 6.47. The van der Waals surface area contributed by atoms with Gasteiger partial charge in [0, 0.05) is 0 Å². The van der Waals surface area contributed by atoms with Crippen LogP contribution < -0.4 is 0 Å². The number of aliphatic hydroxyl groups excluding tert-OH is 4. The average molecular weight is 297 g/mol. The van der Waals surface area contributed by atoms with Gasteiger partial charge in [0.2, 0.25) is 0 Å². The van der Waals surface area contributed by atoms with Crippen LogP contribution in [0.5, 0.6) is 0 Å². The minimum atomic E-state index is -1.38. The molecule has 5 atom stereocenters. The van der Waals surface area contributed by atoms with Crippen LogP contribution in [0.4, 0.5) is 5.69 Å². The van der Waals surface area contributed by atoms with E-state index in [0.29, 0.717) is 11.3 Å². The SMILES string of the molecule is OC[C@H]1O[C@H](c2ccc(N=C=S)cc2)[C@H](O)[C@@H](O)[C@H]1O. The summed E-state index contributed by atoms with van der Waals surface area (Å²) in [7, 11) is 0. The van der Waals surface area contributed by atoms with E-state index in [1.807, 2.05) is 0 Å². The molecule has 6 nitrogen and oxygen atoms in total. The van der Waals surface area contributed by atoms with Gasteiger partial charge in [-0.2, -0.15) is 4.99 Å². The molecule has 0 saturated carbocycles. The van der Waals surface area contributed by atoms with Crippen LogP contribution in [-0.2, 0) is 4.74 Å². The molecule has 0 spiro atoms. The fourth-order valence-corrected chi connectivity index (χ4v) is 2.27. The van der Waals surface area contributed by atoms with Crippen molar-refractivity contribution in [3.63, 3.8) is 0 Å². The molecule has 2 rings (SSSR count). The van der Waals surface area contributed by atoms with E-state index >= 15 is 0 Å². The van der Waals surface area contributed by atoms with Crippen LogP contribution in [-0.4, -0.2) is 56.6 Å². The average Bonchev–Trinajstić information content (AvgIpc) is 2.47. The third-order valence-corrected chi connectivity index (χ3v) is 3.38. The van der Waals surface area contributed by atoms with E-state index in [0.717, 1.165) is 0 Å². The Hall–Kier alpha value is -1.18. The fourth-order valence-electron chi connectivity index (χ4n) is 2.17. The van der Waals surface area contributed by atoms with Gasteiger partial charge < -0.3 is 25.2 Å². The highest BCUT2D eigenvalue weighted by molar-refractivity contribution is 7.78. The molecular formula is C13H15NO5S. The van der Waals surface area contributed by atoms with Crippen LogP contribution in [0.25, 0.3) is 0 Å². The number of aliphatic imine (C=N–C) groups is 1. The van der Waals surface area contributed by atoms with Crippen LogP contribution in [0.15, 0.2) is 29.3 Å². The number of isothiocyanates is 1. The molecule has 0 radical (unpaired) electrons. The van der Waals surface area contributed by atoms with Crippen LogP contribution in [0, 0.1) is 0 Å². The predicted octanol–water partition coefficient (Wildman–Crippen LogP) is -0.0642. The fraction of sp³-hybridized carbons (Fsp3) is 0.462. The second-order valence-corrected chi connectivity index (χ2v) is 4.73. The van der Waals surface area contributed by atoms with E-state index in [1.54, 1.807) is 24.3 Å². The molecule has 7 heteroatoms. The maximum atomic E-state index is 9.98. The van der Waals surface area contributed by atoms with Crippen molar-refractivity contribution in [1.82, 2.24) is 0 Å². The largest absolute Gasteiger partial charge is 0.394 e. The molecule has 1 aromatic rings. The number of nitrogens with zero attached hydrogens (tertiary/aromatic N) is 1. The van der Waals surface area contributed by atoms with Gasteiger partial charge in [-0.25, -0.2) is 0 Å². The van der Waals surface area contributed by atoms with E-state index in [4.69, 9.17) is 9.84 Å². The third kappa shape index (κ3) is 2.94. The van der Waals surface area contributed by atoms with E-state index in [2.05, 4.69) is 22.4 Å². The number of hydrogen-bond donors (Lipinski definition) is 4. The van der Waals surface area contributed by atoms with Crippen LogP contribution in [0.3, 0.4) is 0 Å². The van der Waals surface area contributed by atoms with Crippen molar-refractivity contribution in [2.45, 2.75) is 30.5 Å². The molecular weight excluding hydrogens is 282 g/mol. The van der Waals surface area contributed by atoms with Gasteiger partial charge in [-0.05, 0) is 29.9 Å². The molecule has 0 aromatic heterocycles. The van der Waals surface area contributed by atoms with Gasteiger partial charge in [0.05, 0.1) is 17.5 Å². The van der Waals surface area contributed by atoms with Crippen molar-refractivity contribution in [3.8, 4) is 0 Å². The molecule has 1 aliphatic heterocycles. The van der Waals surface area contributed by atoms with Crippen LogP contribution in [0.1, 0.15) is 11.7 Å². The van der Waals surface area contributed by atoms with Gasteiger partial charge >= 0.3 is 0 Å². The van der Waals surface area contributed by atoms with E-state index in [-0.39, 0.29) is 0 Å². The minimum Gasteiger partial charge on any atom is -0.394 e. The molecule has 4 N–H and O–H groups in total.